The molecule has 5 nitrogen and oxygen atoms in total. The van der Waals surface area contributed by atoms with E-state index in [0.29, 0.717) is 5.82 Å². The van der Waals surface area contributed by atoms with Crippen LogP contribution in [0, 0.1) is 0 Å². The molecule has 0 aliphatic rings. The Hall–Kier alpha value is -1.46. The van der Waals surface area contributed by atoms with Gasteiger partial charge in [0.1, 0.15) is 0 Å². The number of halogens is 1. The van der Waals surface area contributed by atoms with Gasteiger partial charge in [-0.15, -0.1) is 21.8 Å². The van der Waals surface area contributed by atoms with E-state index in [0.717, 1.165) is 5.56 Å². The molecule has 0 unspecified atom stereocenters. The lowest BCUT2D eigenvalue weighted by atomic mass is 10.2. The van der Waals surface area contributed by atoms with Crippen LogP contribution in [0.15, 0.2) is 30.3 Å². The first-order valence-electron chi connectivity index (χ1n) is 4.87. The lowest BCUT2D eigenvalue weighted by Gasteiger charge is -2.03. The highest BCUT2D eigenvalue weighted by molar-refractivity contribution is 6.18. The van der Waals surface area contributed by atoms with Crippen LogP contribution in [-0.4, -0.2) is 37.3 Å². The molecular formula is C10H11ClN4O. The van der Waals surface area contributed by atoms with E-state index < -0.39 is 6.10 Å². The smallest absolute Gasteiger partial charge is 0.204 e. The quantitative estimate of drug-likeness (QED) is 0.806. The van der Waals surface area contributed by atoms with Gasteiger partial charge in [-0.2, -0.15) is 4.80 Å². The largest absolute Gasteiger partial charge is 0.390 e. The van der Waals surface area contributed by atoms with Crippen molar-refractivity contribution in [3.63, 3.8) is 0 Å². The molecule has 0 amide bonds. The van der Waals surface area contributed by atoms with Gasteiger partial charge in [-0.3, -0.25) is 0 Å². The van der Waals surface area contributed by atoms with Crippen LogP contribution in [0.3, 0.4) is 0 Å². The zero-order valence-electron chi connectivity index (χ0n) is 8.49. The first-order valence-corrected chi connectivity index (χ1v) is 5.40. The molecule has 0 saturated heterocycles. The van der Waals surface area contributed by atoms with Crippen LogP contribution in [0.1, 0.15) is 0 Å². The predicted octanol–water partition coefficient (Wildman–Crippen LogP) is 0.940. The Bertz CT molecular complexity index is 445. The van der Waals surface area contributed by atoms with Gasteiger partial charge in [-0.05, 0) is 5.21 Å². The predicted molar refractivity (Wildman–Crippen MR) is 60.0 cm³/mol. The summed E-state index contributed by atoms with van der Waals surface area (Å²) in [5.74, 6) is 0.699. The molecule has 2 aromatic rings. The number of hydrogen-bond acceptors (Lipinski definition) is 4. The van der Waals surface area contributed by atoms with Crippen LogP contribution >= 0.6 is 11.6 Å². The highest BCUT2D eigenvalue weighted by Gasteiger charge is 2.08. The molecular weight excluding hydrogens is 228 g/mol. The van der Waals surface area contributed by atoms with Crippen molar-refractivity contribution in [2.45, 2.75) is 12.6 Å². The number of aromatic nitrogens is 4. The number of rotatable bonds is 4. The number of nitrogens with zero attached hydrogens (tertiary/aromatic N) is 4. The van der Waals surface area contributed by atoms with Crippen molar-refractivity contribution in [1.29, 1.82) is 0 Å². The molecule has 0 bridgehead atoms. The molecule has 2 rings (SSSR count). The Kier molecular flexibility index (Phi) is 3.48. The Morgan fingerprint density at radius 3 is 2.75 bits per heavy atom. The van der Waals surface area contributed by atoms with E-state index >= 15 is 0 Å². The molecule has 1 aromatic carbocycles. The number of aliphatic hydroxyl groups excluding tert-OH is 1. The minimum Gasteiger partial charge on any atom is -0.390 e. The van der Waals surface area contributed by atoms with Gasteiger partial charge in [-0.1, -0.05) is 30.3 Å². The van der Waals surface area contributed by atoms with Crippen molar-refractivity contribution < 1.29 is 5.11 Å². The third kappa shape index (κ3) is 2.56. The zero-order valence-corrected chi connectivity index (χ0v) is 9.25. The van der Waals surface area contributed by atoms with E-state index in [2.05, 4.69) is 15.4 Å². The lowest BCUT2D eigenvalue weighted by molar-refractivity contribution is 0.164. The minimum atomic E-state index is -0.653. The van der Waals surface area contributed by atoms with Gasteiger partial charge in [0.25, 0.3) is 0 Å². The lowest BCUT2D eigenvalue weighted by Crippen LogP contribution is -2.19. The van der Waals surface area contributed by atoms with Gasteiger partial charge in [0.05, 0.1) is 18.5 Å². The van der Waals surface area contributed by atoms with Crippen LogP contribution in [0.25, 0.3) is 11.4 Å². The average Bonchev–Trinajstić information content (AvgIpc) is 2.78. The second-order valence-corrected chi connectivity index (χ2v) is 3.65. The van der Waals surface area contributed by atoms with Crippen LogP contribution in [0.2, 0.25) is 0 Å². The first-order chi connectivity index (χ1) is 7.79. The number of tetrazole rings is 1. The van der Waals surface area contributed by atoms with E-state index in [4.69, 9.17) is 11.6 Å². The third-order valence-electron chi connectivity index (χ3n) is 2.04. The van der Waals surface area contributed by atoms with Crippen molar-refractivity contribution in [2.24, 2.45) is 0 Å². The summed E-state index contributed by atoms with van der Waals surface area (Å²) in [6.45, 7) is 0.253. The van der Waals surface area contributed by atoms with Crippen molar-refractivity contribution in [1.82, 2.24) is 20.2 Å². The Morgan fingerprint density at radius 1 is 1.31 bits per heavy atom. The fourth-order valence-electron chi connectivity index (χ4n) is 1.26. The van der Waals surface area contributed by atoms with Crippen molar-refractivity contribution in [2.75, 3.05) is 5.88 Å². The summed E-state index contributed by atoms with van der Waals surface area (Å²) in [7, 11) is 0. The summed E-state index contributed by atoms with van der Waals surface area (Å²) in [6.07, 6.45) is -0.653. The highest BCUT2D eigenvalue weighted by atomic mass is 35.5. The van der Waals surface area contributed by atoms with E-state index in [9.17, 15) is 5.11 Å². The molecule has 1 N–H and O–H groups in total. The maximum absolute atomic E-state index is 9.33. The summed E-state index contributed by atoms with van der Waals surface area (Å²) in [5, 5.41) is 21.2. The molecule has 1 heterocycles. The van der Waals surface area contributed by atoms with E-state index in [-0.39, 0.29) is 12.4 Å². The maximum Gasteiger partial charge on any atom is 0.204 e. The number of hydrogen-bond donors (Lipinski definition) is 1. The summed E-state index contributed by atoms with van der Waals surface area (Å²) < 4.78 is 0. The topological polar surface area (TPSA) is 63.8 Å². The average molecular weight is 239 g/mol. The standard InChI is InChI=1S/C10H11ClN4O/c11-6-9(16)7-15-13-10(12-14-15)8-4-2-1-3-5-8/h1-5,9,16H,6-7H2/t9-/m1/s1. The van der Waals surface area contributed by atoms with Crippen LogP contribution < -0.4 is 0 Å². The number of aliphatic hydroxyl groups is 1. The summed E-state index contributed by atoms with van der Waals surface area (Å²) in [4.78, 5) is 1.34. The molecule has 1 atom stereocenters. The second kappa shape index (κ2) is 5.05. The van der Waals surface area contributed by atoms with E-state index in [1.54, 1.807) is 0 Å². The molecule has 16 heavy (non-hydrogen) atoms. The van der Waals surface area contributed by atoms with Gasteiger partial charge in [0.15, 0.2) is 0 Å². The van der Waals surface area contributed by atoms with E-state index in [1.807, 2.05) is 30.3 Å². The SMILES string of the molecule is O[C@H](CCl)Cn1nnc(-c2ccccc2)n1. The molecule has 0 aliphatic carbocycles. The van der Waals surface area contributed by atoms with Gasteiger partial charge >= 0.3 is 0 Å². The minimum absolute atomic E-state index is 0.155. The van der Waals surface area contributed by atoms with Crippen molar-refractivity contribution >= 4 is 11.6 Å². The number of alkyl halides is 1. The van der Waals surface area contributed by atoms with Crippen molar-refractivity contribution in [3.8, 4) is 11.4 Å². The summed E-state index contributed by atoms with van der Waals surface area (Å²) in [6, 6.07) is 9.54. The molecule has 0 spiro atoms. The highest BCUT2D eigenvalue weighted by Crippen LogP contribution is 2.11. The van der Waals surface area contributed by atoms with Gasteiger partial charge in [-0.25, -0.2) is 0 Å². The molecule has 0 fully saturated rings. The molecule has 6 heteroatoms. The van der Waals surface area contributed by atoms with Crippen LogP contribution in [0.5, 0.6) is 0 Å². The molecule has 0 saturated carbocycles. The molecule has 0 radical (unpaired) electrons. The van der Waals surface area contributed by atoms with Crippen molar-refractivity contribution in [3.05, 3.63) is 30.3 Å². The fourth-order valence-corrected chi connectivity index (χ4v) is 1.36. The summed E-state index contributed by atoms with van der Waals surface area (Å²) >= 11 is 5.49. The Labute approximate surface area is 97.7 Å². The zero-order chi connectivity index (χ0) is 11.4. The normalized spacial score (nSPS) is 12.6. The van der Waals surface area contributed by atoms with E-state index in [1.165, 1.54) is 4.80 Å². The third-order valence-corrected chi connectivity index (χ3v) is 2.39. The monoisotopic (exact) mass is 238 g/mol. The van der Waals surface area contributed by atoms with Gasteiger partial charge in [0.2, 0.25) is 5.82 Å². The second-order valence-electron chi connectivity index (χ2n) is 3.34. The number of benzene rings is 1. The Morgan fingerprint density at radius 2 is 2.06 bits per heavy atom. The van der Waals surface area contributed by atoms with Gasteiger partial charge < -0.3 is 5.11 Å². The van der Waals surface area contributed by atoms with Crippen LogP contribution in [0.4, 0.5) is 0 Å². The summed E-state index contributed by atoms with van der Waals surface area (Å²) in [5.41, 5.74) is 0.897. The molecule has 1 aromatic heterocycles. The Balaban J connectivity index is 2.14. The fraction of sp³-hybridized carbons (Fsp3) is 0.300. The van der Waals surface area contributed by atoms with Gasteiger partial charge in [0, 0.05) is 5.56 Å². The van der Waals surface area contributed by atoms with Crippen LogP contribution in [-0.2, 0) is 6.54 Å². The first kappa shape index (κ1) is 11.0. The molecule has 84 valence electrons. The molecule has 0 aliphatic heterocycles. The maximum atomic E-state index is 9.33.